The van der Waals surface area contributed by atoms with Crippen LogP contribution in [0, 0.1) is 29.1 Å². The van der Waals surface area contributed by atoms with Crippen LogP contribution in [0.15, 0.2) is 12.1 Å². The molecule has 2 aromatic carbocycles. The smallest absolute Gasteiger partial charge is 0.242 e. The summed E-state index contributed by atoms with van der Waals surface area (Å²) in [7, 11) is 4.08. The van der Waals surface area contributed by atoms with Crippen LogP contribution in [0.2, 0.25) is 0 Å². The van der Waals surface area contributed by atoms with Gasteiger partial charge < -0.3 is 14.2 Å². The Kier molecular flexibility index (Phi) is 6.49. The molecule has 0 aromatic heterocycles. The number of hydrogen-bond donors (Lipinski definition) is 2. The van der Waals surface area contributed by atoms with Crippen molar-refractivity contribution < 1.29 is 41.0 Å². The maximum absolute atomic E-state index is 13.6. The Balaban J connectivity index is 2.21. The van der Waals surface area contributed by atoms with E-state index in [9.17, 15) is 26.7 Å². The van der Waals surface area contributed by atoms with Crippen molar-refractivity contribution in [2.24, 2.45) is 0 Å². The van der Waals surface area contributed by atoms with E-state index in [4.69, 9.17) is 14.2 Å². The molecule has 0 spiro atoms. The number of hydrazine groups is 1. The van der Waals surface area contributed by atoms with Gasteiger partial charge in [0.15, 0.2) is 34.8 Å². The predicted molar refractivity (Wildman–Crippen MR) is 87.8 cm³/mol. The maximum atomic E-state index is 13.6. The molecule has 152 valence electrons. The van der Waals surface area contributed by atoms with Crippen LogP contribution in [-0.2, 0) is 11.2 Å². The van der Waals surface area contributed by atoms with Gasteiger partial charge >= 0.3 is 0 Å². The molecule has 0 saturated carbocycles. The Bertz CT molecular complexity index is 879. The summed E-state index contributed by atoms with van der Waals surface area (Å²) in [6, 6.07) is 2.99. The van der Waals surface area contributed by atoms with Crippen molar-refractivity contribution in [3.8, 4) is 17.2 Å². The highest BCUT2D eigenvalue weighted by Gasteiger charge is 2.26. The van der Waals surface area contributed by atoms with Crippen LogP contribution in [-0.4, -0.2) is 27.2 Å². The quantitative estimate of drug-likeness (QED) is 0.320. The largest absolute Gasteiger partial charge is 0.493 e. The fourth-order valence-corrected chi connectivity index (χ4v) is 2.37. The van der Waals surface area contributed by atoms with Gasteiger partial charge in [-0.2, -0.15) is 0 Å². The van der Waals surface area contributed by atoms with Gasteiger partial charge in [0.25, 0.3) is 0 Å². The van der Waals surface area contributed by atoms with Gasteiger partial charge in [-0.3, -0.25) is 15.6 Å². The molecule has 0 aliphatic carbocycles. The number of ether oxygens (including phenoxy) is 3. The second-order valence-corrected chi connectivity index (χ2v) is 5.29. The van der Waals surface area contributed by atoms with Crippen molar-refractivity contribution in [2.45, 2.75) is 6.42 Å². The van der Waals surface area contributed by atoms with E-state index >= 15 is 0 Å². The molecule has 0 heterocycles. The highest BCUT2D eigenvalue weighted by molar-refractivity contribution is 5.81. The first kappa shape index (κ1) is 21.1. The third kappa shape index (κ3) is 3.87. The van der Waals surface area contributed by atoms with Gasteiger partial charge in [0, 0.05) is 5.56 Å². The molecule has 0 bridgehead atoms. The lowest BCUT2D eigenvalue weighted by molar-refractivity contribution is -0.120. The zero-order valence-corrected chi connectivity index (χ0v) is 14.9. The molecule has 28 heavy (non-hydrogen) atoms. The van der Waals surface area contributed by atoms with Gasteiger partial charge in [0.05, 0.1) is 27.8 Å². The fourth-order valence-electron chi connectivity index (χ4n) is 2.37. The van der Waals surface area contributed by atoms with Crippen LogP contribution in [0.1, 0.15) is 5.56 Å². The van der Waals surface area contributed by atoms with Gasteiger partial charge in [0.2, 0.25) is 17.5 Å². The Hall–Kier alpha value is -3.24. The molecule has 6 nitrogen and oxygen atoms in total. The molecule has 1 amide bonds. The summed E-state index contributed by atoms with van der Waals surface area (Å²) in [5, 5.41) is 0. The number of halogens is 5. The van der Waals surface area contributed by atoms with Crippen LogP contribution < -0.4 is 25.1 Å². The van der Waals surface area contributed by atoms with Gasteiger partial charge in [-0.25, -0.2) is 22.0 Å². The molecule has 0 fully saturated rings. The fraction of sp³-hybridized carbons (Fsp3) is 0.235. The van der Waals surface area contributed by atoms with Crippen molar-refractivity contribution in [1.29, 1.82) is 0 Å². The molecule has 0 aliphatic heterocycles. The molecule has 2 N–H and O–H groups in total. The molecule has 0 aliphatic rings. The van der Waals surface area contributed by atoms with E-state index in [1.807, 2.05) is 5.43 Å². The summed E-state index contributed by atoms with van der Waals surface area (Å²) in [5.41, 5.74) is 2.51. The summed E-state index contributed by atoms with van der Waals surface area (Å²) >= 11 is 0. The molecular weight excluding hydrogens is 391 g/mol. The molecule has 0 radical (unpaired) electrons. The summed E-state index contributed by atoms with van der Waals surface area (Å²) in [6.45, 7) is 0. The van der Waals surface area contributed by atoms with Crippen molar-refractivity contribution in [3.05, 3.63) is 46.8 Å². The van der Waals surface area contributed by atoms with Crippen LogP contribution in [0.25, 0.3) is 0 Å². The molecular formula is C17H15F5N2O4. The Morgan fingerprint density at radius 1 is 0.821 bits per heavy atom. The van der Waals surface area contributed by atoms with Crippen molar-refractivity contribution >= 4 is 11.6 Å². The van der Waals surface area contributed by atoms with Gasteiger partial charge in [0.1, 0.15) is 5.69 Å². The summed E-state index contributed by atoms with van der Waals surface area (Å²) < 4.78 is 82.0. The average molecular weight is 406 g/mol. The van der Waals surface area contributed by atoms with Gasteiger partial charge in [-0.1, -0.05) is 6.07 Å². The first-order valence-corrected chi connectivity index (χ1v) is 7.60. The number of benzene rings is 2. The maximum Gasteiger partial charge on any atom is 0.242 e. The summed E-state index contributed by atoms with van der Waals surface area (Å²) in [6.07, 6.45) is -0.369. The first-order valence-electron chi connectivity index (χ1n) is 7.60. The Morgan fingerprint density at radius 2 is 1.36 bits per heavy atom. The zero-order chi connectivity index (χ0) is 21.0. The SMILES string of the molecule is COc1ccc(CC(=O)NNc2c(F)c(F)c(F)c(F)c2F)c(OC)c1OC. The molecule has 2 rings (SSSR count). The minimum absolute atomic E-state index is 0.174. The van der Waals surface area contributed by atoms with Crippen LogP contribution >= 0.6 is 0 Å². The number of carbonyl (C=O) groups excluding carboxylic acids is 1. The van der Waals surface area contributed by atoms with E-state index < -0.39 is 40.7 Å². The number of hydrogen-bond acceptors (Lipinski definition) is 5. The lowest BCUT2D eigenvalue weighted by Crippen LogP contribution is -2.32. The van der Waals surface area contributed by atoms with Crippen LogP contribution in [0.4, 0.5) is 27.6 Å². The van der Waals surface area contributed by atoms with E-state index in [1.165, 1.54) is 33.5 Å². The number of nitrogens with one attached hydrogen (secondary N) is 2. The van der Waals surface area contributed by atoms with E-state index in [0.717, 1.165) is 0 Å². The van der Waals surface area contributed by atoms with E-state index in [0.29, 0.717) is 11.3 Å². The average Bonchev–Trinajstić information content (AvgIpc) is 2.70. The van der Waals surface area contributed by atoms with Crippen molar-refractivity contribution in [3.63, 3.8) is 0 Å². The number of carbonyl (C=O) groups is 1. The van der Waals surface area contributed by atoms with Gasteiger partial charge in [-0.05, 0) is 6.07 Å². The highest BCUT2D eigenvalue weighted by Crippen LogP contribution is 2.39. The molecule has 0 saturated heterocycles. The normalized spacial score (nSPS) is 10.4. The molecule has 2 aromatic rings. The minimum Gasteiger partial charge on any atom is -0.493 e. The molecule has 0 atom stereocenters. The number of rotatable bonds is 7. The Morgan fingerprint density at radius 3 is 1.86 bits per heavy atom. The zero-order valence-electron chi connectivity index (χ0n) is 14.9. The lowest BCUT2D eigenvalue weighted by Gasteiger charge is -2.16. The third-order valence-corrected chi connectivity index (χ3v) is 3.67. The predicted octanol–water partition coefficient (Wildman–Crippen LogP) is 3.09. The molecule has 0 unspecified atom stereocenters. The summed E-state index contributed by atoms with van der Waals surface area (Å²) in [4.78, 5) is 12.1. The molecule has 11 heteroatoms. The second kappa shape index (κ2) is 8.63. The lowest BCUT2D eigenvalue weighted by atomic mass is 10.1. The van der Waals surface area contributed by atoms with Crippen molar-refractivity contribution in [2.75, 3.05) is 26.8 Å². The van der Waals surface area contributed by atoms with E-state index in [2.05, 4.69) is 0 Å². The van der Waals surface area contributed by atoms with E-state index in [-0.39, 0.29) is 17.9 Å². The standard InChI is InChI=1S/C17H15F5N2O4/c1-26-8-5-4-7(16(27-2)17(8)28-3)6-9(25)23-24-15-13(21)11(19)10(18)12(20)14(15)22/h4-5,24H,6H2,1-3H3,(H,23,25). The van der Waals surface area contributed by atoms with Crippen molar-refractivity contribution in [1.82, 2.24) is 5.43 Å². The van der Waals surface area contributed by atoms with Crippen LogP contribution in [0.3, 0.4) is 0 Å². The number of amides is 1. The first-order chi connectivity index (χ1) is 13.3. The topological polar surface area (TPSA) is 68.8 Å². The monoisotopic (exact) mass is 406 g/mol. The second-order valence-electron chi connectivity index (χ2n) is 5.29. The highest BCUT2D eigenvalue weighted by atomic mass is 19.2. The summed E-state index contributed by atoms with van der Waals surface area (Å²) in [5.74, 6) is -10.9. The Labute approximate surface area is 156 Å². The van der Waals surface area contributed by atoms with E-state index in [1.54, 1.807) is 5.43 Å². The minimum atomic E-state index is -2.30. The number of methoxy groups -OCH3 is 3. The number of anilines is 1. The van der Waals surface area contributed by atoms with Gasteiger partial charge in [-0.15, -0.1) is 0 Å². The third-order valence-electron chi connectivity index (χ3n) is 3.67. The van der Waals surface area contributed by atoms with Crippen LogP contribution in [0.5, 0.6) is 17.2 Å².